The van der Waals surface area contributed by atoms with E-state index in [1.165, 1.54) is 0 Å². The van der Waals surface area contributed by atoms with Gasteiger partial charge in [-0.25, -0.2) is 4.98 Å². The summed E-state index contributed by atoms with van der Waals surface area (Å²) >= 11 is 1.63. The van der Waals surface area contributed by atoms with Crippen LogP contribution >= 0.6 is 11.3 Å². The van der Waals surface area contributed by atoms with E-state index >= 15 is 0 Å². The Morgan fingerprint density at radius 1 is 1.56 bits per heavy atom. The lowest BCUT2D eigenvalue weighted by molar-refractivity contribution is -0.133. The van der Waals surface area contributed by atoms with Crippen LogP contribution in [0.25, 0.3) is 0 Å². The van der Waals surface area contributed by atoms with Crippen LogP contribution in [-0.4, -0.2) is 34.4 Å². The van der Waals surface area contributed by atoms with Crippen molar-refractivity contribution in [2.45, 2.75) is 45.2 Å². The third-order valence-electron chi connectivity index (χ3n) is 4.72. The van der Waals surface area contributed by atoms with Crippen molar-refractivity contribution >= 4 is 23.1 Å². The fourth-order valence-electron chi connectivity index (χ4n) is 3.30. The lowest BCUT2D eigenvalue weighted by atomic mass is 9.97. The third-order valence-corrected chi connectivity index (χ3v) is 5.45. The number of anilines is 1. The Balaban J connectivity index is 1.57. The van der Waals surface area contributed by atoms with Crippen LogP contribution in [0.1, 0.15) is 36.5 Å². The molecule has 2 aromatic heterocycles. The lowest BCUT2D eigenvalue weighted by Gasteiger charge is -2.38. The van der Waals surface area contributed by atoms with Crippen molar-refractivity contribution in [3.8, 4) is 6.07 Å². The molecule has 1 aliphatic rings. The number of nitrogens with zero attached hydrogens (tertiary/aromatic N) is 3. The van der Waals surface area contributed by atoms with Crippen LogP contribution in [0.4, 0.5) is 5.82 Å². The number of likely N-dealkylation sites (tertiary alicyclic amines) is 1. The van der Waals surface area contributed by atoms with Gasteiger partial charge in [0.05, 0.1) is 12.0 Å². The first-order valence-corrected chi connectivity index (χ1v) is 9.45. The Morgan fingerprint density at radius 2 is 2.40 bits per heavy atom. The van der Waals surface area contributed by atoms with Crippen molar-refractivity contribution in [1.29, 1.82) is 5.26 Å². The number of rotatable bonds is 4. The van der Waals surface area contributed by atoms with E-state index in [4.69, 9.17) is 5.26 Å². The molecular formula is C19H22N4OS. The fraction of sp³-hybridized carbons (Fsp3) is 0.421. The molecule has 0 spiro atoms. The summed E-state index contributed by atoms with van der Waals surface area (Å²) in [6.45, 7) is 4.79. The van der Waals surface area contributed by atoms with E-state index in [0.29, 0.717) is 18.0 Å². The van der Waals surface area contributed by atoms with Crippen LogP contribution in [0.2, 0.25) is 0 Å². The van der Waals surface area contributed by atoms with Gasteiger partial charge in [-0.3, -0.25) is 4.79 Å². The van der Waals surface area contributed by atoms with Gasteiger partial charge in [0.15, 0.2) is 0 Å². The van der Waals surface area contributed by atoms with E-state index in [-0.39, 0.29) is 11.9 Å². The zero-order valence-corrected chi connectivity index (χ0v) is 15.3. The van der Waals surface area contributed by atoms with Gasteiger partial charge < -0.3 is 10.2 Å². The van der Waals surface area contributed by atoms with Crippen LogP contribution < -0.4 is 5.32 Å². The number of amides is 1. The van der Waals surface area contributed by atoms with E-state index in [1.807, 2.05) is 34.7 Å². The molecule has 6 heteroatoms. The standard InChI is InChI=1S/C19H22N4OS/c1-13-7-18(21-11-16(13)10-20)22-17-3-5-23(14(2)8-17)19(24)9-15-4-6-25-12-15/h4,6-7,11-12,14,17H,3,5,8-9H2,1-2H3,(H,21,22). The Morgan fingerprint density at radius 3 is 3.04 bits per heavy atom. The maximum Gasteiger partial charge on any atom is 0.227 e. The molecule has 2 unspecified atom stereocenters. The molecule has 1 N–H and O–H groups in total. The average Bonchev–Trinajstić information content (AvgIpc) is 3.08. The number of nitriles is 1. The third kappa shape index (κ3) is 4.18. The summed E-state index contributed by atoms with van der Waals surface area (Å²) in [4.78, 5) is 18.8. The quantitative estimate of drug-likeness (QED) is 0.914. The highest BCUT2D eigenvalue weighted by molar-refractivity contribution is 7.08. The Kier molecular flexibility index (Phi) is 5.34. The van der Waals surface area contributed by atoms with E-state index in [9.17, 15) is 4.79 Å². The average molecular weight is 354 g/mol. The minimum absolute atomic E-state index is 0.205. The summed E-state index contributed by atoms with van der Waals surface area (Å²) < 4.78 is 0. The van der Waals surface area contributed by atoms with Gasteiger partial charge in [-0.2, -0.15) is 16.6 Å². The molecule has 3 rings (SSSR count). The number of carbonyl (C=O) groups excluding carboxylic acids is 1. The van der Waals surface area contributed by atoms with Gasteiger partial charge in [-0.15, -0.1) is 0 Å². The molecule has 0 radical (unpaired) electrons. The Hall–Kier alpha value is -2.39. The highest BCUT2D eigenvalue weighted by Gasteiger charge is 2.28. The molecule has 1 aliphatic heterocycles. The van der Waals surface area contributed by atoms with Crippen LogP contribution in [0.5, 0.6) is 0 Å². The summed E-state index contributed by atoms with van der Waals surface area (Å²) in [6, 6.07) is 6.56. The second-order valence-electron chi connectivity index (χ2n) is 6.61. The molecule has 0 aromatic carbocycles. The highest BCUT2D eigenvalue weighted by atomic mass is 32.1. The minimum Gasteiger partial charge on any atom is -0.367 e. The monoisotopic (exact) mass is 354 g/mol. The van der Waals surface area contributed by atoms with Crippen molar-refractivity contribution in [2.75, 3.05) is 11.9 Å². The molecule has 3 heterocycles. The predicted molar refractivity (Wildman–Crippen MR) is 99.5 cm³/mol. The molecule has 0 bridgehead atoms. The summed E-state index contributed by atoms with van der Waals surface area (Å²) in [5, 5.41) is 16.5. The van der Waals surface area contributed by atoms with Crippen LogP contribution in [0.3, 0.4) is 0 Å². The molecule has 130 valence electrons. The van der Waals surface area contributed by atoms with Crippen LogP contribution in [-0.2, 0) is 11.2 Å². The number of nitrogens with one attached hydrogen (secondary N) is 1. The van der Waals surface area contributed by atoms with E-state index in [2.05, 4.69) is 23.3 Å². The first-order chi connectivity index (χ1) is 12.1. The summed E-state index contributed by atoms with van der Waals surface area (Å²) in [5.41, 5.74) is 2.63. The molecule has 1 amide bonds. The van der Waals surface area contributed by atoms with Crippen molar-refractivity contribution < 1.29 is 4.79 Å². The zero-order chi connectivity index (χ0) is 17.8. The largest absolute Gasteiger partial charge is 0.367 e. The Labute approximate surface area is 152 Å². The summed E-state index contributed by atoms with van der Waals surface area (Å²) in [6.07, 6.45) is 3.90. The SMILES string of the molecule is Cc1cc(NC2CCN(C(=O)Cc3ccsc3)C(C)C2)ncc1C#N. The van der Waals surface area contributed by atoms with Crippen LogP contribution in [0.15, 0.2) is 29.1 Å². The van der Waals surface area contributed by atoms with Gasteiger partial charge in [-0.1, -0.05) is 0 Å². The summed E-state index contributed by atoms with van der Waals surface area (Å²) in [7, 11) is 0. The first kappa shape index (κ1) is 17.4. The number of aromatic nitrogens is 1. The number of hydrogen-bond donors (Lipinski definition) is 1. The number of pyridine rings is 1. The maximum absolute atomic E-state index is 12.5. The number of carbonyl (C=O) groups is 1. The van der Waals surface area contributed by atoms with E-state index in [1.54, 1.807) is 17.5 Å². The minimum atomic E-state index is 0.205. The number of thiophene rings is 1. The van der Waals surface area contributed by atoms with Gasteiger partial charge in [0, 0.05) is 24.8 Å². The molecule has 2 atom stereocenters. The van der Waals surface area contributed by atoms with Crippen molar-refractivity contribution in [3.63, 3.8) is 0 Å². The molecule has 1 saturated heterocycles. The molecule has 1 fully saturated rings. The maximum atomic E-state index is 12.5. The number of aryl methyl sites for hydroxylation is 1. The molecule has 0 saturated carbocycles. The smallest absolute Gasteiger partial charge is 0.227 e. The molecular weight excluding hydrogens is 332 g/mol. The fourth-order valence-corrected chi connectivity index (χ4v) is 3.97. The molecule has 0 aliphatic carbocycles. The number of piperidine rings is 1. The normalized spacial score (nSPS) is 20.1. The van der Waals surface area contributed by atoms with Crippen LogP contribution in [0, 0.1) is 18.3 Å². The second kappa shape index (κ2) is 7.66. The van der Waals surface area contributed by atoms with Gasteiger partial charge >= 0.3 is 0 Å². The van der Waals surface area contributed by atoms with E-state index < -0.39 is 0 Å². The molecule has 25 heavy (non-hydrogen) atoms. The van der Waals surface area contributed by atoms with Gasteiger partial charge in [0.2, 0.25) is 5.91 Å². The predicted octanol–water partition coefficient (Wildman–Crippen LogP) is 3.36. The highest BCUT2D eigenvalue weighted by Crippen LogP contribution is 2.22. The van der Waals surface area contributed by atoms with Crippen molar-refractivity contribution in [2.24, 2.45) is 0 Å². The van der Waals surface area contributed by atoms with Gasteiger partial charge in [0.1, 0.15) is 11.9 Å². The second-order valence-corrected chi connectivity index (χ2v) is 7.39. The van der Waals surface area contributed by atoms with E-state index in [0.717, 1.165) is 36.3 Å². The topological polar surface area (TPSA) is 69.0 Å². The van der Waals surface area contributed by atoms with Gasteiger partial charge in [-0.05, 0) is 60.7 Å². The lowest BCUT2D eigenvalue weighted by Crippen LogP contribution is -2.48. The van der Waals surface area contributed by atoms with Crippen molar-refractivity contribution in [1.82, 2.24) is 9.88 Å². The molecule has 2 aromatic rings. The van der Waals surface area contributed by atoms with Gasteiger partial charge in [0.25, 0.3) is 0 Å². The molecule has 5 nitrogen and oxygen atoms in total. The van der Waals surface area contributed by atoms with Crippen molar-refractivity contribution in [3.05, 3.63) is 45.8 Å². The Bertz CT molecular complexity index is 781. The first-order valence-electron chi connectivity index (χ1n) is 8.50. The number of hydrogen-bond acceptors (Lipinski definition) is 5. The summed E-state index contributed by atoms with van der Waals surface area (Å²) in [5.74, 6) is 1.00. The zero-order valence-electron chi connectivity index (χ0n) is 14.5.